The van der Waals surface area contributed by atoms with Gasteiger partial charge in [-0.1, -0.05) is 48.5 Å². The fourth-order valence-electron chi connectivity index (χ4n) is 4.00. The molecule has 2 aromatic carbocycles. The maximum Gasteiger partial charge on any atom is 0.408 e. The summed E-state index contributed by atoms with van der Waals surface area (Å²) in [4.78, 5) is 12.7. The van der Waals surface area contributed by atoms with Gasteiger partial charge in [0.1, 0.15) is 11.4 Å². The molecule has 4 nitrogen and oxygen atoms in total. The number of halogens is 1. The number of alkyl carbamates (subject to hydrolysis) is 1. The van der Waals surface area contributed by atoms with Crippen LogP contribution >= 0.6 is 0 Å². The van der Waals surface area contributed by atoms with Crippen LogP contribution in [0.1, 0.15) is 44.2 Å². The zero-order chi connectivity index (χ0) is 20.2. The fourth-order valence-corrected chi connectivity index (χ4v) is 4.00. The molecule has 1 fully saturated rings. The molecule has 150 valence electrons. The average Bonchev–Trinajstić information content (AvgIpc) is 2.62. The van der Waals surface area contributed by atoms with Crippen molar-refractivity contribution in [1.29, 1.82) is 0 Å². The van der Waals surface area contributed by atoms with Gasteiger partial charge in [-0.25, -0.2) is 9.18 Å². The second-order valence-electron chi connectivity index (χ2n) is 8.48. The molecule has 0 radical (unpaired) electrons. The summed E-state index contributed by atoms with van der Waals surface area (Å²) in [6.45, 7) is 6.82. The normalized spacial score (nSPS) is 22.5. The van der Waals surface area contributed by atoms with Gasteiger partial charge in [-0.3, -0.25) is 0 Å². The molecule has 1 aliphatic heterocycles. The van der Waals surface area contributed by atoms with Crippen molar-refractivity contribution in [3.63, 3.8) is 0 Å². The third-order valence-electron chi connectivity index (χ3n) is 5.11. The minimum atomic E-state index is -0.690. The van der Waals surface area contributed by atoms with Crippen LogP contribution in [0, 0.1) is 5.82 Å². The number of nitrogens with one attached hydrogen (secondary N) is 2. The maximum absolute atomic E-state index is 14.7. The Balaban J connectivity index is 1.99. The zero-order valence-corrected chi connectivity index (χ0v) is 16.8. The summed E-state index contributed by atoms with van der Waals surface area (Å²) in [6.07, 6.45) is 0.830. The van der Waals surface area contributed by atoms with Gasteiger partial charge in [-0.05, 0) is 57.4 Å². The van der Waals surface area contributed by atoms with E-state index in [2.05, 4.69) is 10.6 Å². The first kappa shape index (κ1) is 20.3. The maximum atomic E-state index is 14.7. The predicted octanol–water partition coefficient (Wildman–Crippen LogP) is 4.41. The first-order chi connectivity index (χ1) is 13.3. The van der Waals surface area contributed by atoms with E-state index in [1.165, 1.54) is 6.07 Å². The molecule has 0 spiro atoms. The lowest BCUT2D eigenvalue weighted by molar-refractivity contribution is 0.0412. The van der Waals surface area contributed by atoms with Crippen LogP contribution < -0.4 is 10.6 Å². The Labute approximate surface area is 166 Å². The third kappa shape index (κ3) is 4.90. The third-order valence-corrected chi connectivity index (χ3v) is 5.11. The second kappa shape index (κ2) is 8.31. The minimum absolute atomic E-state index is 0.164. The van der Waals surface area contributed by atoms with E-state index in [9.17, 15) is 9.18 Å². The Morgan fingerprint density at radius 1 is 1.18 bits per heavy atom. The highest BCUT2D eigenvalue weighted by atomic mass is 19.1. The van der Waals surface area contributed by atoms with Crippen molar-refractivity contribution < 1.29 is 13.9 Å². The van der Waals surface area contributed by atoms with E-state index < -0.39 is 17.2 Å². The van der Waals surface area contributed by atoms with Crippen molar-refractivity contribution in [1.82, 2.24) is 10.6 Å². The van der Waals surface area contributed by atoms with Crippen molar-refractivity contribution in [3.8, 4) is 0 Å². The Bertz CT molecular complexity index is 804. The topological polar surface area (TPSA) is 50.4 Å². The molecule has 1 heterocycles. The number of carbonyl (C=O) groups is 1. The van der Waals surface area contributed by atoms with Gasteiger partial charge in [0.15, 0.2) is 0 Å². The molecule has 5 heteroatoms. The highest BCUT2D eigenvalue weighted by Gasteiger charge is 2.44. The molecule has 1 amide bonds. The highest BCUT2D eigenvalue weighted by molar-refractivity contribution is 5.69. The molecule has 0 aromatic heterocycles. The quantitative estimate of drug-likeness (QED) is 0.821. The summed E-state index contributed by atoms with van der Waals surface area (Å²) < 4.78 is 20.2. The minimum Gasteiger partial charge on any atom is -0.444 e. The number of hydrogen-bond donors (Lipinski definition) is 2. The summed E-state index contributed by atoms with van der Waals surface area (Å²) >= 11 is 0. The van der Waals surface area contributed by atoms with Gasteiger partial charge in [0.05, 0.1) is 5.54 Å². The standard InChI is InChI=1S/C23H29FN2O2/c1-22(2,3)28-21(27)26-23(15-17-9-5-4-6-10-17)16-25-14-13-19(23)18-11-7-8-12-20(18)24/h4-12,19,25H,13-16H2,1-3H3,(H,26,27)/t19-,23+/m1/s1. The molecular weight excluding hydrogens is 355 g/mol. The van der Waals surface area contributed by atoms with Gasteiger partial charge < -0.3 is 15.4 Å². The van der Waals surface area contributed by atoms with E-state index in [0.717, 1.165) is 18.5 Å². The zero-order valence-electron chi connectivity index (χ0n) is 16.8. The van der Waals surface area contributed by atoms with Crippen molar-refractivity contribution in [2.24, 2.45) is 0 Å². The van der Waals surface area contributed by atoms with Gasteiger partial charge in [0, 0.05) is 12.5 Å². The Morgan fingerprint density at radius 2 is 1.86 bits per heavy atom. The van der Waals surface area contributed by atoms with Crippen LogP contribution in [-0.2, 0) is 11.2 Å². The molecule has 0 aliphatic carbocycles. The number of amides is 1. The van der Waals surface area contributed by atoms with Crippen molar-refractivity contribution >= 4 is 6.09 Å². The van der Waals surface area contributed by atoms with E-state index in [1.54, 1.807) is 6.07 Å². The van der Waals surface area contributed by atoms with Crippen LogP contribution in [0.4, 0.5) is 9.18 Å². The van der Waals surface area contributed by atoms with Crippen LogP contribution in [0.5, 0.6) is 0 Å². The van der Waals surface area contributed by atoms with Gasteiger partial charge >= 0.3 is 6.09 Å². The van der Waals surface area contributed by atoms with Crippen LogP contribution in [0.15, 0.2) is 54.6 Å². The predicted molar refractivity (Wildman–Crippen MR) is 109 cm³/mol. The SMILES string of the molecule is CC(C)(C)OC(=O)N[C@@]1(Cc2ccccc2)CNCC[C@@H]1c1ccccc1F. The average molecular weight is 384 g/mol. The van der Waals surface area contributed by atoms with Crippen LogP contribution in [0.25, 0.3) is 0 Å². The summed E-state index contributed by atoms with van der Waals surface area (Å²) in [5.41, 5.74) is 0.428. The molecule has 0 unspecified atom stereocenters. The molecule has 28 heavy (non-hydrogen) atoms. The molecule has 2 atom stereocenters. The number of piperidine rings is 1. The van der Waals surface area contributed by atoms with Gasteiger partial charge in [0.25, 0.3) is 0 Å². The molecule has 1 aliphatic rings. The summed E-state index contributed by atoms with van der Waals surface area (Å²) in [5, 5.41) is 6.51. The summed E-state index contributed by atoms with van der Waals surface area (Å²) in [5.74, 6) is -0.402. The van der Waals surface area contributed by atoms with E-state index in [4.69, 9.17) is 4.74 Å². The van der Waals surface area contributed by atoms with Crippen molar-refractivity contribution in [2.75, 3.05) is 13.1 Å². The molecule has 3 rings (SSSR count). The fraction of sp³-hybridized carbons (Fsp3) is 0.435. The number of hydrogen-bond acceptors (Lipinski definition) is 3. The van der Waals surface area contributed by atoms with Gasteiger partial charge in [0.2, 0.25) is 0 Å². The lowest BCUT2D eigenvalue weighted by atomic mass is 9.71. The Kier molecular flexibility index (Phi) is 6.04. The lowest BCUT2D eigenvalue weighted by Gasteiger charge is -2.45. The van der Waals surface area contributed by atoms with Crippen LogP contribution in [0.2, 0.25) is 0 Å². The van der Waals surface area contributed by atoms with E-state index in [1.807, 2.05) is 63.2 Å². The smallest absolute Gasteiger partial charge is 0.408 e. The van der Waals surface area contributed by atoms with Gasteiger partial charge in [-0.2, -0.15) is 0 Å². The molecule has 2 N–H and O–H groups in total. The summed E-state index contributed by atoms with van der Waals surface area (Å²) in [6, 6.07) is 16.8. The number of rotatable bonds is 4. The number of ether oxygens (including phenoxy) is 1. The van der Waals surface area contributed by atoms with Crippen molar-refractivity contribution in [2.45, 2.75) is 50.7 Å². The molecule has 0 saturated carbocycles. The van der Waals surface area contributed by atoms with E-state index >= 15 is 0 Å². The molecule has 2 aromatic rings. The Morgan fingerprint density at radius 3 is 2.54 bits per heavy atom. The first-order valence-electron chi connectivity index (χ1n) is 9.79. The summed E-state index contributed by atoms with van der Waals surface area (Å²) in [7, 11) is 0. The second-order valence-corrected chi connectivity index (χ2v) is 8.48. The monoisotopic (exact) mass is 384 g/mol. The first-order valence-corrected chi connectivity index (χ1v) is 9.79. The molecular formula is C23H29FN2O2. The Hall–Kier alpha value is -2.40. The van der Waals surface area contributed by atoms with E-state index in [-0.39, 0.29) is 11.7 Å². The largest absolute Gasteiger partial charge is 0.444 e. The van der Waals surface area contributed by atoms with Crippen molar-refractivity contribution in [3.05, 3.63) is 71.5 Å². The highest BCUT2D eigenvalue weighted by Crippen LogP contribution is 2.37. The number of carbonyl (C=O) groups excluding carboxylic acids is 1. The number of benzene rings is 2. The lowest BCUT2D eigenvalue weighted by Crippen LogP contribution is -2.63. The van der Waals surface area contributed by atoms with Crippen LogP contribution in [-0.4, -0.2) is 30.3 Å². The van der Waals surface area contributed by atoms with E-state index in [0.29, 0.717) is 18.5 Å². The molecule has 0 bridgehead atoms. The van der Waals surface area contributed by atoms with Crippen LogP contribution in [0.3, 0.4) is 0 Å². The molecule has 1 saturated heterocycles. The van der Waals surface area contributed by atoms with Gasteiger partial charge in [-0.15, -0.1) is 0 Å².